The van der Waals surface area contributed by atoms with Crippen LogP contribution in [0.5, 0.6) is 5.75 Å². The lowest BCUT2D eigenvalue weighted by Gasteiger charge is -2.36. The number of esters is 1. The van der Waals surface area contributed by atoms with Gasteiger partial charge in [0.25, 0.3) is 0 Å². The van der Waals surface area contributed by atoms with Crippen molar-refractivity contribution in [2.45, 2.75) is 83.4 Å². The number of methoxy groups -OCH3 is 1. The number of allylic oxidation sites excluding steroid dienone is 1. The lowest BCUT2D eigenvalue weighted by atomic mass is 10.1. The number of rotatable bonds is 13. The minimum Gasteiger partial charge on any atom is -0.497 e. The molecular formula is C24H38O5Si. The van der Waals surface area contributed by atoms with E-state index in [1.807, 2.05) is 30.3 Å². The number of unbranched alkanes of at least 4 members (excludes halogenated alkanes) is 1. The highest BCUT2D eigenvalue weighted by Crippen LogP contribution is 2.28. The standard InChI is InChI=1S/C24H38O5Si/c1-5-30(6-2,7-3)29-23-17-22(28-24(25)18-23)11-9-8-10-16-27-19-20-12-14-21(26-4)15-13-20/h9,11-15,22-23H,5-8,10,16-19H2,1-4H3/b11-9+/t22-,23+/m1/s1. The molecule has 0 radical (unpaired) electrons. The lowest BCUT2D eigenvalue weighted by molar-refractivity contribution is -0.155. The largest absolute Gasteiger partial charge is 0.497 e. The number of ether oxygens (including phenoxy) is 3. The highest BCUT2D eigenvalue weighted by Gasteiger charge is 2.36. The van der Waals surface area contributed by atoms with Crippen molar-refractivity contribution in [2.75, 3.05) is 13.7 Å². The van der Waals surface area contributed by atoms with E-state index in [2.05, 4.69) is 26.8 Å². The molecule has 6 heteroatoms. The highest BCUT2D eigenvalue weighted by atomic mass is 28.4. The molecule has 0 unspecified atom stereocenters. The molecule has 1 aromatic rings. The van der Waals surface area contributed by atoms with E-state index in [0.29, 0.717) is 19.6 Å². The molecule has 1 aliphatic heterocycles. The zero-order chi connectivity index (χ0) is 21.8. The van der Waals surface area contributed by atoms with E-state index in [1.165, 1.54) is 0 Å². The van der Waals surface area contributed by atoms with E-state index in [4.69, 9.17) is 18.6 Å². The summed E-state index contributed by atoms with van der Waals surface area (Å²) in [5, 5.41) is 0. The third-order valence-electron chi connectivity index (χ3n) is 5.96. The van der Waals surface area contributed by atoms with Gasteiger partial charge in [0.2, 0.25) is 0 Å². The average Bonchev–Trinajstić information content (AvgIpc) is 2.77. The highest BCUT2D eigenvalue weighted by molar-refractivity contribution is 6.73. The minimum absolute atomic E-state index is 0.000228. The van der Waals surface area contributed by atoms with E-state index >= 15 is 0 Å². The fraction of sp³-hybridized carbons (Fsp3) is 0.625. The van der Waals surface area contributed by atoms with Gasteiger partial charge >= 0.3 is 5.97 Å². The second-order valence-electron chi connectivity index (χ2n) is 7.92. The van der Waals surface area contributed by atoms with E-state index in [9.17, 15) is 4.79 Å². The van der Waals surface area contributed by atoms with E-state index < -0.39 is 8.32 Å². The number of hydrogen-bond acceptors (Lipinski definition) is 5. The quantitative estimate of drug-likeness (QED) is 0.174. The summed E-state index contributed by atoms with van der Waals surface area (Å²) < 4.78 is 22.9. The second kappa shape index (κ2) is 12.9. The molecule has 0 N–H and O–H groups in total. The van der Waals surface area contributed by atoms with Crippen LogP contribution in [0.2, 0.25) is 18.1 Å². The molecule has 1 aliphatic rings. The average molecular weight is 435 g/mol. The maximum absolute atomic E-state index is 12.0. The van der Waals surface area contributed by atoms with Gasteiger partial charge in [-0.25, -0.2) is 0 Å². The predicted octanol–water partition coefficient (Wildman–Crippen LogP) is 5.64. The van der Waals surface area contributed by atoms with Gasteiger partial charge in [0.05, 0.1) is 26.2 Å². The summed E-state index contributed by atoms with van der Waals surface area (Å²) in [4.78, 5) is 12.0. The Morgan fingerprint density at radius 3 is 2.47 bits per heavy atom. The molecule has 0 amide bonds. The van der Waals surface area contributed by atoms with Crippen molar-refractivity contribution in [1.82, 2.24) is 0 Å². The van der Waals surface area contributed by atoms with Crippen LogP contribution in [0.15, 0.2) is 36.4 Å². The number of benzene rings is 1. The number of cyclic esters (lactones) is 1. The third-order valence-corrected chi connectivity index (χ3v) is 10.7. The number of hydrogen-bond donors (Lipinski definition) is 0. The van der Waals surface area contributed by atoms with Crippen LogP contribution in [0.3, 0.4) is 0 Å². The van der Waals surface area contributed by atoms with Crippen LogP contribution < -0.4 is 4.74 Å². The molecule has 1 saturated heterocycles. The Kier molecular flexibility index (Phi) is 10.6. The SMILES string of the molecule is CC[Si](CC)(CC)O[C@@H]1CC(=O)O[C@H](/C=C/CCCOCc2ccc(OC)cc2)C1. The summed E-state index contributed by atoms with van der Waals surface area (Å²) in [7, 11) is -0.0423. The van der Waals surface area contributed by atoms with Crippen molar-refractivity contribution in [3.8, 4) is 5.75 Å². The molecule has 5 nitrogen and oxygen atoms in total. The molecule has 2 rings (SSSR count). The molecular weight excluding hydrogens is 396 g/mol. The van der Waals surface area contributed by atoms with Gasteiger partial charge in [0, 0.05) is 13.0 Å². The van der Waals surface area contributed by atoms with Crippen LogP contribution >= 0.6 is 0 Å². The Bertz CT molecular complexity index is 646. The predicted molar refractivity (Wildman–Crippen MR) is 122 cm³/mol. The molecule has 0 aromatic heterocycles. The van der Waals surface area contributed by atoms with Crippen molar-refractivity contribution in [2.24, 2.45) is 0 Å². The Hall–Kier alpha value is -1.63. The number of carbonyl (C=O) groups is 1. The second-order valence-corrected chi connectivity index (χ2v) is 12.6. The third kappa shape index (κ3) is 7.89. The van der Waals surface area contributed by atoms with Crippen molar-refractivity contribution >= 4 is 14.3 Å². The first-order valence-electron chi connectivity index (χ1n) is 11.3. The van der Waals surface area contributed by atoms with E-state index in [1.54, 1.807) is 7.11 Å². The lowest BCUT2D eigenvalue weighted by Crippen LogP contribution is -2.44. The molecule has 1 aromatic carbocycles. The van der Waals surface area contributed by atoms with Gasteiger partial charge in [-0.3, -0.25) is 4.79 Å². The van der Waals surface area contributed by atoms with Crippen LogP contribution in [0.4, 0.5) is 0 Å². The van der Waals surface area contributed by atoms with Gasteiger partial charge in [0.15, 0.2) is 8.32 Å². The van der Waals surface area contributed by atoms with Crippen LogP contribution in [0.1, 0.15) is 52.0 Å². The zero-order valence-corrected chi connectivity index (χ0v) is 20.0. The van der Waals surface area contributed by atoms with Gasteiger partial charge in [0.1, 0.15) is 11.9 Å². The first kappa shape index (κ1) is 24.6. The van der Waals surface area contributed by atoms with Crippen molar-refractivity contribution < 1.29 is 23.4 Å². The Labute approximate surface area is 182 Å². The normalized spacial score (nSPS) is 19.8. The van der Waals surface area contributed by atoms with E-state index in [0.717, 1.165) is 48.7 Å². The minimum atomic E-state index is -1.71. The molecule has 0 bridgehead atoms. The van der Waals surface area contributed by atoms with Crippen LogP contribution in [0, 0.1) is 0 Å². The maximum Gasteiger partial charge on any atom is 0.308 e. The molecule has 1 fully saturated rings. The molecule has 1 heterocycles. The van der Waals surface area contributed by atoms with Gasteiger partial charge in [-0.2, -0.15) is 0 Å². The summed E-state index contributed by atoms with van der Waals surface area (Å²) >= 11 is 0. The van der Waals surface area contributed by atoms with Crippen LogP contribution in [-0.2, 0) is 25.3 Å². The molecule has 0 saturated carbocycles. The number of carbonyl (C=O) groups excluding carboxylic acids is 1. The first-order valence-corrected chi connectivity index (χ1v) is 13.8. The smallest absolute Gasteiger partial charge is 0.308 e. The Morgan fingerprint density at radius 2 is 1.83 bits per heavy atom. The summed E-state index contributed by atoms with van der Waals surface area (Å²) in [5.41, 5.74) is 1.14. The molecule has 168 valence electrons. The van der Waals surface area contributed by atoms with Gasteiger partial charge in [-0.05, 0) is 54.7 Å². The molecule has 0 spiro atoms. The van der Waals surface area contributed by atoms with Gasteiger partial charge in [-0.1, -0.05) is 39.0 Å². The summed E-state index contributed by atoms with van der Waals surface area (Å²) in [6, 6.07) is 11.2. The fourth-order valence-electron chi connectivity index (χ4n) is 3.82. The maximum atomic E-state index is 12.0. The van der Waals surface area contributed by atoms with Gasteiger partial charge in [-0.15, -0.1) is 0 Å². The van der Waals surface area contributed by atoms with Crippen LogP contribution in [0.25, 0.3) is 0 Å². The summed E-state index contributed by atoms with van der Waals surface area (Å²) in [5.74, 6) is 0.710. The van der Waals surface area contributed by atoms with Crippen molar-refractivity contribution in [3.63, 3.8) is 0 Å². The monoisotopic (exact) mass is 434 g/mol. The molecule has 2 atom stereocenters. The van der Waals surface area contributed by atoms with Crippen molar-refractivity contribution in [1.29, 1.82) is 0 Å². The van der Waals surface area contributed by atoms with Gasteiger partial charge < -0.3 is 18.6 Å². The Morgan fingerprint density at radius 1 is 1.13 bits per heavy atom. The van der Waals surface area contributed by atoms with Crippen molar-refractivity contribution in [3.05, 3.63) is 42.0 Å². The Balaban J connectivity index is 1.68. The first-order chi connectivity index (χ1) is 14.5. The van der Waals surface area contributed by atoms with Crippen LogP contribution in [-0.4, -0.2) is 40.2 Å². The van der Waals surface area contributed by atoms with E-state index in [-0.39, 0.29) is 18.2 Å². The summed E-state index contributed by atoms with van der Waals surface area (Å²) in [6.07, 6.45) is 6.94. The zero-order valence-electron chi connectivity index (χ0n) is 19.0. The molecule has 30 heavy (non-hydrogen) atoms. The topological polar surface area (TPSA) is 54.0 Å². The fourth-order valence-corrected chi connectivity index (χ4v) is 6.70. The summed E-state index contributed by atoms with van der Waals surface area (Å²) in [6.45, 7) is 7.95. The molecule has 0 aliphatic carbocycles.